The Morgan fingerprint density at radius 2 is 1.29 bits per heavy atom. The summed E-state index contributed by atoms with van der Waals surface area (Å²) in [5.74, 6) is -6.04. The molecule has 3 saturated heterocycles. The minimum Gasteiger partial charge on any atom is -0.459 e. The van der Waals surface area contributed by atoms with Crippen molar-refractivity contribution in [3.05, 3.63) is 71.8 Å². The van der Waals surface area contributed by atoms with Gasteiger partial charge in [0.25, 0.3) is 0 Å². The molecule has 0 aromatic heterocycles. The number of hydrogen-bond donors (Lipinski definition) is 2. The maximum absolute atomic E-state index is 14.7. The number of nitrogens with zero attached hydrogens (tertiary/aromatic N) is 1. The number of carbonyl (C=O) groups excluding carboxylic acids is 4. The van der Waals surface area contributed by atoms with E-state index in [9.17, 15) is 29.4 Å². The third kappa shape index (κ3) is 12.2. The summed E-state index contributed by atoms with van der Waals surface area (Å²) in [5, 5.41) is 23.6. The number of esters is 3. The van der Waals surface area contributed by atoms with E-state index in [0.717, 1.165) is 0 Å². The molecule has 3 aliphatic rings. The Morgan fingerprint density at radius 3 is 1.82 bits per heavy atom. The number of ether oxygens (including phenoxy) is 9. The molecular formula is C52H77NO15. The fraction of sp³-hybridized carbons (Fsp3) is 0.692. The molecule has 0 bridgehead atoms. The topological polar surface area (TPSA) is 195 Å². The van der Waals surface area contributed by atoms with Crippen molar-refractivity contribution in [3.8, 4) is 0 Å². The van der Waals surface area contributed by atoms with E-state index in [0.29, 0.717) is 17.5 Å². The van der Waals surface area contributed by atoms with Gasteiger partial charge in [-0.3, -0.25) is 9.59 Å². The van der Waals surface area contributed by atoms with Crippen LogP contribution in [-0.2, 0) is 52.2 Å². The van der Waals surface area contributed by atoms with Gasteiger partial charge in [-0.15, -0.1) is 0 Å². The summed E-state index contributed by atoms with van der Waals surface area (Å²) >= 11 is 0. The van der Waals surface area contributed by atoms with Crippen molar-refractivity contribution in [2.75, 3.05) is 28.3 Å². The van der Waals surface area contributed by atoms with Crippen LogP contribution in [0, 0.1) is 23.7 Å². The molecule has 3 heterocycles. The standard InChI is InChI=1S/C52H77NO15/c1-15-38-52(10,59)43(55)31(4)40(54)29(2)27-50(8,60-13)44(68-49-42(37(53(11)12)26-30(3)62-49)66-47(57)35-22-18-16-19-23-35)32(5)41(33(6)46(56)64-38)65-39-28-51(9,61-14)45(34(7)63-39)67-48(58)36-24-20-17-21-25-36/h16-25,29-34,37-39,41-45,49,55,59H,15,26-28H2,1-14H3/t29-,30-,31+,32+,33-,34+,37+,38-,39?,41+,42-,43-,44-,45+,49?,50+,51-,52-/m1/s1. The molecule has 3 fully saturated rings. The lowest BCUT2D eigenvalue weighted by atomic mass is 9.74. The molecule has 68 heavy (non-hydrogen) atoms. The van der Waals surface area contributed by atoms with Gasteiger partial charge >= 0.3 is 17.9 Å². The third-order valence-corrected chi connectivity index (χ3v) is 14.7. The quantitative estimate of drug-likeness (QED) is 0.181. The van der Waals surface area contributed by atoms with Crippen LogP contribution in [0.2, 0.25) is 0 Å². The predicted molar refractivity (Wildman–Crippen MR) is 250 cm³/mol. The fourth-order valence-electron chi connectivity index (χ4n) is 10.4. The number of rotatable bonds is 12. The van der Waals surface area contributed by atoms with E-state index < -0.39 is 114 Å². The lowest BCUT2D eigenvalue weighted by Gasteiger charge is -2.50. The van der Waals surface area contributed by atoms with E-state index in [-0.39, 0.29) is 37.2 Å². The summed E-state index contributed by atoms with van der Waals surface area (Å²) in [5.41, 5.74) is -3.84. The molecule has 16 heteroatoms. The van der Waals surface area contributed by atoms with Crippen LogP contribution in [0.25, 0.3) is 0 Å². The number of aliphatic hydroxyl groups excluding tert-OH is 1. The first-order chi connectivity index (χ1) is 31.9. The second-order valence-electron chi connectivity index (χ2n) is 20.1. The highest BCUT2D eigenvalue weighted by molar-refractivity contribution is 5.90. The van der Waals surface area contributed by atoms with Crippen molar-refractivity contribution in [1.82, 2.24) is 4.90 Å². The summed E-state index contributed by atoms with van der Waals surface area (Å²) in [6.45, 7) is 17.1. The number of ketones is 1. The van der Waals surface area contributed by atoms with Crippen molar-refractivity contribution in [2.24, 2.45) is 23.7 Å². The highest BCUT2D eigenvalue weighted by Gasteiger charge is 2.55. The number of benzene rings is 2. The third-order valence-electron chi connectivity index (χ3n) is 14.7. The molecule has 0 saturated carbocycles. The first-order valence-corrected chi connectivity index (χ1v) is 24.0. The van der Waals surface area contributed by atoms with E-state index in [1.807, 2.05) is 32.8 Å². The number of methoxy groups -OCH3 is 2. The van der Waals surface area contributed by atoms with Crippen molar-refractivity contribution in [3.63, 3.8) is 0 Å². The van der Waals surface area contributed by atoms with Crippen LogP contribution < -0.4 is 0 Å². The van der Waals surface area contributed by atoms with Crippen LogP contribution in [0.4, 0.5) is 0 Å². The van der Waals surface area contributed by atoms with E-state index in [4.69, 9.17) is 42.6 Å². The zero-order valence-electron chi connectivity index (χ0n) is 42.4. The summed E-state index contributed by atoms with van der Waals surface area (Å²) < 4.78 is 58.3. The van der Waals surface area contributed by atoms with Gasteiger partial charge in [-0.25, -0.2) is 9.59 Å². The van der Waals surface area contributed by atoms with Crippen LogP contribution in [0.5, 0.6) is 0 Å². The molecule has 2 aromatic carbocycles. The van der Waals surface area contributed by atoms with Crippen LogP contribution in [0.1, 0.15) is 116 Å². The summed E-state index contributed by atoms with van der Waals surface area (Å²) in [6.07, 6.45) is -9.59. The maximum atomic E-state index is 14.7. The van der Waals surface area contributed by atoms with E-state index in [1.54, 1.807) is 109 Å². The molecule has 0 amide bonds. The highest BCUT2D eigenvalue weighted by Crippen LogP contribution is 2.43. The largest absolute Gasteiger partial charge is 0.459 e. The van der Waals surface area contributed by atoms with E-state index in [2.05, 4.69) is 0 Å². The van der Waals surface area contributed by atoms with Gasteiger partial charge in [-0.2, -0.15) is 0 Å². The van der Waals surface area contributed by atoms with Gasteiger partial charge in [-0.05, 0) is 99.2 Å². The number of aliphatic hydroxyl groups is 2. The van der Waals surface area contributed by atoms with Gasteiger partial charge in [0.2, 0.25) is 0 Å². The molecule has 0 spiro atoms. The molecule has 2 N–H and O–H groups in total. The molecule has 3 aliphatic heterocycles. The average Bonchev–Trinajstić information content (AvgIpc) is 3.31. The fourth-order valence-corrected chi connectivity index (χ4v) is 10.4. The summed E-state index contributed by atoms with van der Waals surface area (Å²) in [4.78, 5) is 58.2. The van der Waals surface area contributed by atoms with Crippen molar-refractivity contribution in [2.45, 2.75) is 179 Å². The molecule has 2 unspecified atom stereocenters. The van der Waals surface area contributed by atoms with E-state index >= 15 is 0 Å². The van der Waals surface area contributed by atoms with Gasteiger partial charge < -0.3 is 57.7 Å². The lowest BCUT2D eigenvalue weighted by molar-refractivity contribution is -0.318. The SMILES string of the molecule is CC[C@H]1OC(=O)[C@H](C)[C@@H](OC2C[C@@](C)(OC)[C@@H](OC(=O)c3ccccc3)[C@H](C)O2)[C@H](C)[C@@H](OC2O[C@H](C)C[C@H](N(C)C)[C@H]2OC(=O)c2ccccc2)[C@@](C)(OC)C[C@@H](C)C(=O)[C@H](C)[C@@H](O)[C@]1(C)O. The van der Waals surface area contributed by atoms with Gasteiger partial charge in [0, 0.05) is 38.4 Å². The first kappa shape index (κ1) is 55.1. The van der Waals surface area contributed by atoms with Crippen LogP contribution in [0.15, 0.2) is 60.7 Å². The Bertz CT molecular complexity index is 1980. The van der Waals surface area contributed by atoms with Gasteiger partial charge in [0.15, 0.2) is 24.8 Å². The van der Waals surface area contributed by atoms with Crippen LogP contribution >= 0.6 is 0 Å². The smallest absolute Gasteiger partial charge is 0.338 e. The van der Waals surface area contributed by atoms with E-state index in [1.165, 1.54) is 21.1 Å². The van der Waals surface area contributed by atoms with Crippen LogP contribution in [0.3, 0.4) is 0 Å². The predicted octanol–water partition coefficient (Wildman–Crippen LogP) is 6.17. The van der Waals surface area contributed by atoms with Gasteiger partial charge in [0.05, 0.1) is 59.2 Å². The second kappa shape index (κ2) is 22.9. The van der Waals surface area contributed by atoms with Crippen LogP contribution in [-0.4, -0.2) is 151 Å². The molecule has 0 aliphatic carbocycles. The Balaban J connectivity index is 1.62. The number of likely N-dealkylation sites (N-methyl/N-ethyl adjacent to an activating group) is 1. The Labute approximate surface area is 402 Å². The minimum absolute atomic E-state index is 0.0420. The first-order valence-electron chi connectivity index (χ1n) is 24.0. The molecule has 0 radical (unpaired) electrons. The highest BCUT2D eigenvalue weighted by atomic mass is 16.7. The van der Waals surface area contributed by atoms with Crippen molar-refractivity contribution >= 4 is 23.7 Å². The molecule has 16 nitrogen and oxygen atoms in total. The average molecular weight is 956 g/mol. The van der Waals surface area contributed by atoms with Gasteiger partial charge in [-0.1, -0.05) is 64.1 Å². The minimum atomic E-state index is -2.03. The van der Waals surface area contributed by atoms with Crippen molar-refractivity contribution < 1.29 is 72.0 Å². The number of carbonyl (C=O) groups is 4. The maximum Gasteiger partial charge on any atom is 0.338 e. The Morgan fingerprint density at radius 1 is 0.750 bits per heavy atom. The van der Waals surface area contributed by atoms with Gasteiger partial charge in [0.1, 0.15) is 23.1 Å². The molecule has 18 atom stereocenters. The summed E-state index contributed by atoms with van der Waals surface area (Å²) in [7, 11) is 6.79. The Hall–Kier alpha value is -3.84. The molecule has 380 valence electrons. The second-order valence-corrected chi connectivity index (χ2v) is 20.1. The molecule has 5 rings (SSSR count). The van der Waals surface area contributed by atoms with Crippen molar-refractivity contribution in [1.29, 1.82) is 0 Å². The molecular weight excluding hydrogens is 879 g/mol. The summed E-state index contributed by atoms with van der Waals surface area (Å²) in [6, 6.07) is 16.9. The number of hydrogen-bond acceptors (Lipinski definition) is 16. The zero-order valence-corrected chi connectivity index (χ0v) is 42.4. The zero-order chi connectivity index (χ0) is 50.5. The lowest BCUT2D eigenvalue weighted by Crippen LogP contribution is -2.62. The monoisotopic (exact) mass is 956 g/mol. The molecule has 2 aromatic rings. The Kier molecular flexibility index (Phi) is 18.6. The normalized spacial score (nSPS) is 39.9. The number of Topliss-reactive ketones (excluding diaryl/α,β-unsaturated/α-hetero) is 1. The number of cyclic esters (lactones) is 1.